The molecule has 0 saturated heterocycles. The molecular formula is C20H24N2O3. The number of para-hydroxylation sites is 1. The van der Waals surface area contributed by atoms with Gasteiger partial charge in [0.15, 0.2) is 0 Å². The summed E-state index contributed by atoms with van der Waals surface area (Å²) in [6.45, 7) is 1.96. The molecule has 5 nitrogen and oxygen atoms in total. The lowest BCUT2D eigenvalue weighted by Crippen LogP contribution is -2.54. The number of nitrogens with one attached hydrogen (secondary N) is 1. The molecule has 0 radical (unpaired) electrons. The van der Waals surface area contributed by atoms with Crippen molar-refractivity contribution in [3.05, 3.63) is 41.1 Å². The van der Waals surface area contributed by atoms with Gasteiger partial charge in [-0.15, -0.1) is 0 Å². The number of rotatable bonds is 2. The summed E-state index contributed by atoms with van der Waals surface area (Å²) >= 11 is 0. The first kappa shape index (κ1) is 16.2. The van der Waals surface area contributed by atoms with Gasteiger partial charge >= 0.3 is 5.97 Å². The summed E-state index contributed by atoms with van der Waals surface area (Å²) in [5.41, 5.74) is 3.16. The minimum Gasteiger partial charge on any atom is -0.459 e. The summed E-state index contributed by atoms with van der Waals surface area (Å²) in [6.07, 6.45) is 6.80. The molecule has 4 rings (SSSR count). The standard InChI is InChI=1S/C20H24N2O3/c1-13-15(20(24)25-14-7-3-2-4-8-14)11-12-18-21-19(23)16-9-5-6-10-17(16)22(13)18/h5-6,9-10,14,18H,2-4,7-8,11-12H2,1H3,(H,21,23). The smallest absolute Gasteiger partial charge is 0.336 e. The normalized spacial score (nSPS) is 23.6. The van der Waals surface area contributed by atoms with Crippen molar-refractivity contribution >= 4 is 17.6 Å². The molecule has 1 N–H and O–H groups in total. The Bertz CT molecular complexity index is 734. The number of benzene rings is 1. The maximum atomic E-state index is 12.7. The zero-order chi connectivity index (χ0) is 17.4. The predicted octanol–water partition coefficient (Wildman–Crippen LogP) is 3.51. The Labute approximate surface area is 148 Å². The molecule has 0 spiro atoms. The lowest BCUT2D eigenvalue weighted by Gasteiger charge is -2.43. The Balaban J connectivity index is 1.62. The van der Waals surface area contributed by atoms with Crippen molar-refractivity contribution in [1.82, 2.24) is 5.32 Å². The topological polar surface area (TPSA) is 58.6 Å². The Morgan fingerprint density at radius 3 is 2.72 bits per heavy atom. The number of hydrogen-bond acceptors (Lipinski definition) is 4. The molecule has 132 valence electrons. The molecule has 1 saturated carbocycles. The van der Waals surface area contributed by atoms with Gasteiger partial charge < -0.3 is 15.0 Å². The first-order valence-corrected chi connectivity index (χ1v) is 9.25. The van der Waals surface area contributed by atoms with Crippen LogP contribution in [0.5, 0.6) is 0 Å². The third-order valence-electron chi connectivity index (χ3n) is 5.56. The highest BCUT2D eigenvalue weighted by molar-refractivity contribution is 6.03. The van der Waals surface area contributed by atoms with Crippen LogP contribution in [0.25, 0.3) is 0 Å². The molecule has 0 aromatic heterocycles. The van der Waals surface area contributed by atoms with Gasteiger partial charge in [0.2, 0.25) is 0 Å². The molecule has 2 heterocycles. The minimum atomic E-state index is -0.183. The van der Waals surface area contributed by atoms with E-state index in [0.29, 0.717) is 18.4 Å². The van der Waals surface area contributed by atoms with Crippen molar-refractivity contribution in [2.45, 2.75) is 64.1 Å². The fourth-order valence-electron chi connectivity index (χ4n) is 4.22. The van der Waals surface area contributed by atoms with E-state index in [4.69, 9.17) is 4.74 Å². The van der Waals surface area contributed by atoms with E-state index in [1.54, 1.807) is 0 Å². The molecule has 2 aliphatic heterocycles. The number of esters is 1. The second-order valence-corrected chi connectivity index (χ2v) is 7.14. The number of fused-ring (bicyclic) bond motifs is 3. The number of carbonyl (C=O) groups excluding carboxylic acids is 2. The van der Waals surface area contributed by atoms with Crippen LogP contribution in [0.4, 0.5) is 5.69 Å². The van der Waals surface area contributed by atoms with Gasteiger partial charge in [0.05, 0.1) is 16.8 Å². The lowest BCUT2D eigenvalue weighted by molar-refractivity contribution is -0.146. The quantitative estimate of drug-likeness (QED) is 0.837. The molecular weight excluding hydrogens is 316 g/mol. The van der Waals surface area contributed by atoms with Crippen LogP contribution in [0.1, 0.15) is 62.2 Å². The molecule has 1 aromatic rings. The van der Waals surface area contributed by atoms with Crippen molar-refractivity contribution in [3.8, 4) is 0 Å². The number of ether oxygens (including phenoxy) is 1. The highest BCUT2D eigenvalue weighted by Gasteiger charge is 2.37. The van der Waals surface area contributed by atoms with Gasteiger partial charge in [-0.25, -0.2) is 4.79 Å². The maximum absolute atomic E-state index is 12.7. The van der Waals surface area contributed by atoms with Crippen LogP contribution in [0.15, 0.2) is 35.5 Å². The zero-order valence-corrected chi connectivity index (χ0v) is 14.6. The van der Waals surface area contributed by atoms with Crippen LogP contribution in [-0.4, -0.2) is 24.1 Å². The van der Waals surface area contributed by atoms with Gasteiger partial charge in [0.25, 0.3) is 5.91 Å². The lowest BCUT2D eigenvalue weighted by atomic mass is 9.95. The summed E-state index contributed by atoms with van der Waals surface area (Å²) < 4.78 is 5.78. The highest BCUT2D eigenvalue weighted by atomic mass is 16.5. The summed E-state index contributed by atoms with van der Waals surface area (Å²) in [5, 5.41) is 3.05. The maximum Gasteiger partial charge on any atom is 0.336 e. The van der Waals surface area contributed by atoms with E-state index in [1.807, 2.05) is 31.2 Å². The molecule has 25 heavy (non-hydrogen) atoms. The first-order chi connectivity index (χ1) is 12.1. The number of nitrogens with zero attached hydrogens (tertiary/aromatic N) is 1. The SMILES string of the molecule is CC1=C(C(=O)OC2CCCCC2)CCC2NC(=O)c3ccccc3N12. The van der Waals surface area contributed by atoms with Gasteiger partial charge in [0.1, 0.15) is 12.3 Å². The van der Waals surface area contributed by atoms with E-state index in [0.717, 1.165) is 42.6 Å². The summed E-state index contributed by atoms with van der Waals surface area (Å²) in [5.74, 6) is -0.227. The van der Waals surface area contributed by atoms with E-state index >= 15 is 0 Å². The van der Waals surface area contributed by atoms with E-state index in [9.17, 15) is 9.59 Å². The molecule has 5 heteroatoms. The van der Waals surface area contributed by atoms with Crippen molar-refractivity contribution < 1.29 is 14.3 Å². The Morgan fingerprint density at radius 1 is 1.16 bits per heavy atom. The summed E-state index contributed by atoms with van der Waals surface area (Å²) in [6, 6.07) is 7.55. The van der Waals surface area contributed by atoms with Crippen molar-refractivity contribution in [3.63, 3.8) is 0 Å². The largest absolute Gasteiger partial charge is 0.459 e. The Kier molecular flexibility index (Phi) is 4.24. The third-order valence-corrected chi connectivity index (χ3v) is 5.56. The molecule has 1 aromatic carbocycles. The van der Waals surface area contributed by atoms with Crippen molar-refractivity contribution in [2.75, 3.05) is 4.90 Å². The van der Waals surface area contributed by atoms with E-state index in [1.165, 1.54) is 6.42 Å². The summed E-state index contributed by atoms with van der Waals surface area (Å²) in [7, 11) is 0. The monoisotopic (exact) mass is 340 g/mol. The van der Waals surface area contributed by atoms with Crippen LogP contribution >= 0.6 is 0 Å². The van der Waals surface area contributed by atoms with E-state index < -0.39 is 0 Å². The van der Waals surface area contributed by atoms with Crippen molar-refractivity contribution in [1.29, 1.82) is 0 Å². The molecule has 1 atom stereocenters. The number of carbonyl (C=O) groups is 2. The van der Waals surface area contributed by atoms with Crippen molar-refractivity contribution in [2.24, 2.45) is 0 Å². The third kappa shape index (κ3) is 2.92. The zero-order valence-electron chi connectivity index (χ0n) is 14.6. The highest BCUT2D eigenvalue weighted by Crippen LogP contribution is 2.36. The van der Waals surface area contributed by atoms with Gasteiger partial charge in [-0.05, 0) is 57.6 Å². The van der Waals surface area contributed by atoms with Crippen LogP contribution in [0.2, 0.25) is 0 Å². The van der Waals surface area contributed by atoms with Gasteiger partial charge in [-0.2, -0.15) is 0 Å². The van der Waals surface area contributed by atoms with Crippen LogP contribution in [0.3, 0.4) is 0 Å². The fraction of sp³-hybridized carbons (Fsp3) is 0.500. The predicted molar refractivity (Wildman–Crippen MR) is 95.1 cm³/mol. The molecule has 1 unspecified atom stereocenters. The number of amides is 1. The van der Waals surface area contributed by atoms with Crippen LogP contribution in [0, 0.1) is 0 Å². The Hall–Kier alpha value is -2.30. The molecule has 1 aliphatic carbocycles. The number of hydrogen-bond donors (Lipinski definition) is 1. The average molecular weight is 340 g/mol. The molecule has 3 aliphatic rings. The second kappa shape index (κ2) is 6.54. The van der Waals surface area contributed by atoms with Gasteiger partial charge in [-0.3, -0.25) is 4.79 Å². The van der Waals surface area contributed by atoms with Crippen LogP contribution in [-0.2, 0) is 9.53 Å². The molecule has 1 amide bonds. The molecule has 0 bridgehead atoms. The molecule has 1 fully saturated rings. The minimum absolute atomic E-state index is 0.0436. The Morgan fingerprint density at radius 2 is 1.92 bits per heavy atom. The number of anilines is 1. The first-order valence-electron chi connectivity index (χ1n) is 9.25. The van der Waals surface area contributed by atoms with E-state index in [-0.39, 0.29) is 24.1 Å². The second-order valence-electron chi connectivity index (χ2n) is 7.14. The van der Waals surface area contributed by atoms with Crippen LogP contribution < -0.4 is 10.2 Å². The van der Waals surface area contributed by atoms with E-state index in [2.05, 4.69) is 10.2 Å². The van der Waals surface area contributed by atoms with Gasteiger partial charge in [0, 0.05) is 5.70 Å². The summed E-state index contributed by atoms with van der Waals surface area (Å²) in [4.78, 5) is 27.1. The van der Waals surface area contributed by atoms with Gasteiger partial charge in [-0.1, -0.05) is 18.6 Å². The number of allylic oxidation sites excluding steroid dienone is 1. The fourth-order valence-corrected chi connectivity index (χ4v) is 4.22. The average Bonchev–Trinajstić information content (AvgIpc) is 2.63.